The minimum Gasteiger partial charge on any atom is -0.383 e. The topological polar surface area (TPSA) is 130 Å². The zero-order valence-electron chi connectivity index (χ0n) is 16.5. The first-order valence-corrected chi connectivity index (χ1v) is 9.10. The van der Waals surface area contributed by atoms with E-state index in [1.807, 2.05) is 30.3 Å². The molecule has 0 atom stereocenters. The quantitative estimate of drug-likeness (QED) is 0.589. The van der Waals surface area contributed by atoms with Gasteiger partial charge in [-0.1, -0.05) is 36.4 Å². The molecule has 0 aliphatic rings. The van der Waals surface area contributed by atoms with Gasteiger partial charge < -0.3 is 16.0 Å². The van der Waals surface area contributed by atoms with Crippen molar-refractivity contribution in [2.24, 2.45) is 0 Å². The molecular weight excluding hydrogens is 386 g/mol. The van der Waals surface area contributed by atoms with Crippen LogP contribution in [0.1, 0.15) is 22.8 Å². The predicted molar refractivity (Wildman–Crippen MR) is 115 cm³/mol. The molecule has 4 N–H and O–H groups in total. The first-order chi connectivity index (χ1) is 14.3. The van der Waals surface area contributed by atoms with Crippen LogP contribution in [-0.2, 0) is 11.3 Å². The van der Waals surface area contributed by atoms with Gasteiger partial charge in [0.2, 0.25) is 5.91 Å². The number of anilines is 3. The fourth-order valence-electron chi connectivity index (χ4n) is 3.05. The minimum atomic E-state index is -0.768. The molecule has 0 fully saturated rings. The van der Waals surface area contributed by atoms with Gasteiger partial charge in [0.15, 0.2) is 5.69 Å². The Kier molecular flexibility index (Phi) is 5.82. The highest BCUT2D eigenvalue weighted by Gasteiger charge is 2.22. The van der Waals surface area contributed by atoms with Crippen LogP contribution in [0.25, 0.3) is 0 Å². The van der Waals surface area contributed by atoms with E-state index in [2.05, 4.69) is 10.3 Å². The molecule has 0 saturated heterocycles. The van der Waals surface area contributed by atoms with Crippen molar-refractivity contribution in [1.29, 1.82) is 0 Å². The molecule has 2 amide bonds. The predicted octanol–water partition coefficient (Wildman–Crippen LogP) is 1.40. The van der Waals surface area contributed by atoms with E-state index in [9.17, 15) is 19.2 Å². The molecule has 0 aliphatic heterocycles. The van der Waals surface area contributed by atoms with Gasteiger partial charge in [-0.05, 0) is 23.8 Å². The zero-order chi connectivity index (χ0) is 21.8. The number of hydrogen-bond donors (Lipinski definition) is 3. The van der Waals surface area contributed by atoms with E-state index in [0.717, 1.165) is 10.5 Å². The maximum atomic E-state index is 13.0. The summed E-state index contributed by atoms with van der Waals surface area (Å²) in [4.78, 5) is 52.3. The van der Waals surface area contributed by atoms with Crippen LogP contribution in [0, 0.1) is 0 Å². The van der Waals surface area contributed by atoms with E-state index < -0.39 is 17.2 Å². The minimum absolute atomic E-state index is 0.124. The second kappa shape index (κ2) is 8.48. The molecule has 0 spiro atoms. The van der Waals surface area contributed by atoms with Gasteiger partial charge in [-0.2, -0.15) is 0 Å². The molecule has 1 aromatic heterocycles. The Morgan fingerprint density at radius 3 is 2.47 bits per heavy atom. The highest BCUT2D eigenvalue weighted by Crippen LogP contribution is 2.20. The summed E-state index contributed by atoms with van der Waals surface area (Å²) in [6.45, 7) is 1.49. The molecule has 0 bridgehead atoms. The Labute approximate surface area is 171 Å². The van der Waals surface area contributed by atoms with E-state index in [1.165, 1.54) is 24.6 Å². The largest absolute Gasteiger partial charge is 0.383 e. The van der Waals surface area contributed by atoms with Gasteiger partial charge in [-0.3, -0.25) is 23.9 Å². The molecule has 154 valence electrons. The molecule has 0 aliphatic carbocycles. The third kappa shape index (κ3) is 4.30. The molecule has 0 unspecified atom stereocenters. The third-order valence-electron chi connectivity index (χ3n) is 4.47. The number of aromatic amines is 1. The van der Waals surface area contributed by atoms with Gasteiger partial charge in [-0.15, -0.1) is 0 Å². The van der Waals surface area contributed by atoms with Crippen LogP contribution < -0.4 is 27.2 Å². The number of hydrogen-bond acceptors (Lipinski definition) is 5. The molecule has 0 saturated carbocycles. The molecule has 1 heterocycles. The van der Waals surface area contributed by atoms with Gasteiger partial charge in [0, 0.05) is 25.2 Å². The number of H-pyrrole nitrogens is 1. The van der Waals surface area contributed by atoms with Crippen molar-refractivity contribution in [3.63, 3.8) is 0 Å². The number of carbonyl (C=O) groups is 2. The van der Waals surface area contributed by atoms with Crippen molar-refractivity contribution in [3.8, 4) is 0 Å². The summed E-state index contributed by atoms with van der Waals surface area (Å²) in [6.07, 6.45) is 0. The number of benzene rings is 2. The van der Waals surface area contributed by atoms with Crippen LogP contribution in [0.4, 0.5) is 17.2 Å². The lowest BCUT2D eigenvalue weighted by atomic mass is 10.1. The molecule has 0 radical (unpaired) electrons. The number of nitrogens with two attached hydrogens (primary N) is 1. The maximum Gasteiger partial charge on any atom is 0.330 e. The van der Waals surface area contributed by atoms with Crippen molar-refractivity contribution in [2.45, 2.75) is 13.5 Å². The monoisotopic (exact) mass is 407 g/mol. The number of rotatable bonds is 5. The average molecular weight is 407 g/mol. The molecule has 3 aromatic rings. The van der Waals surface area contributed by atoms with Crippen LogP contribution in [0.3, 0.4) is 0 Å². The molecular formula is C21H21N5O4. The van der Waals surface area contributed by atoms with Crippen molar-refractivity contribution < 1.29 is 9.59 Å². The lowest BCUT2D eigenvalue weighted by Crippen LogP contribution is -2.39. The van der Waals surface area contributed by atoms with Crippen LogP contribution in [0.15, 0.2) is 64.2 Å². The number of nitrogen functional groups attached to an aromatic ring is 1. The summed E-state index contributed by atoms with van der Waals surface area (Å²) >= 11 is 0. The van der Waals surface area contributed by atoms with E-state index in [-0.39, 0.29) is 29.5 Å². The highest BCUT2D eigenvalue weighted by molar-refractivity contribution is 6.07. The Morgan fingerprint density at radius 2 is 1.80 bits per heavy atom. The average Bonchev–Trinajstić information content (AvgIpc) is 2.70. The summed E-state index contributed by atoms with van der Waals surface area (Å²) in [5.74, 6) is -0.924. The van der Waals surface area contributed by atoms with Crippen molar-refractivity contribution in [2.75, 3.05) is 23.0 Å². The summed E-state index contributed by atoms with van der Waals surface area (Å²) in [5.41, 5.74) is 6.05. The van der Waals surface area contributed by atoms with Crippen LogP contribution in [0.2, 0.25) is 0 Å². The normalized spacial score (nSPS) is 10.5. The van der Waals surface area contributed by atoms with Crippen molar-refractivity contribution in [1.82, 2.24) is 9.55 Å². The van der Waals surface area contributed by atoms with E-state index in [4.69, 9.17) is 5.73 Å². The number of nitrogens with one attached hydrogen (secondary N) is 2. The zero-order valence-corrected chi connectivity index (χ0v) is 16.5. The second-order valence-corrected chi connectivity index (χ2v) is 6.69. The van der Waals surface area contributed by atoms with E-state index in [0.29, 0.717) is 5.69 Å². The van der Waals surface area contributed by atoms with Crippen LogP contribution in [-0.4, -0.2) is 28.4 Å². The Hall–Kier alpha value is -4.14. The fourth-order valence-corrected chi connectivity index (χ4v) is 3.05. The maximum absolute atomic E-state index is 13.0. The van der Waals surface area contributed by atoms with Crippen molar-refractivity contribution in [3.05, 3.63) is 86.6 Å². The second-order valence-electron chi connectivity index (χ2n) is 6.69. The van der Waals surface area contributed by atoms with Gasteiger partial charge in [0.05, 0.1) is 6.54 Å². The lowest BCUT2D eigenvalue weighted by molar-refractivity contribution is -0.114. The van der Waals surface area contributed by atoms with Gasteiger partial charge in [-0.25, -0.2) is 4.79 Å². The number of amides is 2. The smallest absolute Gasteiger partial charge is 0.330 e. The molecule has 9 heteroatoms. The van der Waals surface area contributed by atoms with Gasteiger partial charge >= 0.3 is 5.69 Å². The SMILES string of the molecule is CC(=O)Nc1cccc(C(=O)N(C)c2c(N)n(Cc3ccccc3)c(=O)[nH]c2=O)c1. The Balaban J connectivity index is 1.99. The van der Waals surface area contributed by atoms with E-state index in [1.54, 1.807) is 18.2 Å². The molecule has 3 rings (SSSR count). The molecule has 2 aromatic carbocycles. The Morgan fingerprint density at radius 1 is 1.10 bits per heavy atom. The molecule has 30 heavy (non-hydrogen) atoms. The van der Waals surface area contributed by atoms with Crippen LogP contribution >= 0.6 is 0 Å². The van der Waals surface area contributed by atoms with Crippen molar-refractivity contribution >= 4 is 29.0 Å². The summed E-state index contributed by atoms with van der Waals surface area (Å²) < 4.78 is 1.20. The van der Waals surface area contributed by atoms with Gasteiger partial charge in [0.1, 0.15) is 5.82 Å². The van der Waals surface area contributed by atoms with Gasteiger partial charge in [0.25, 0.3) is 11.5 Å². The number of carbonyl (C=O) groups excluding carboxylic acids is 2. The van der Waals surface area contributed by atoms with Crippen LogP contribution in [0.5, 0.6) is 0 Å². The van der Waals surface area contributed by atoms with E-state index >= 15 is 0 Å². The fraction of sp³-hybridized carbons (Fsp3) is 0.143. The first-order valence-electron chi connectivity index (χ1n) is 9.10. The first kappa shape index (κ1) is 20.6. The number of nitrogens with zero attached hydrogens (tertiary/aromatic N) is 2. The third-order valence-corrected chi connectivity index (χ3v) is 4.47. The summed E-state index contributed by atoms with van der Waals surface area (Å²) in [6, 6.07) is 15.4. The summed E-state index contributed by atoms with van der Waals surface area (Å²) in [7, 11) is 1.39. The molecule has 9 nitrogen and oxygen atoms in total. The lowest BCUT2D eigenvalue weighted by Gasteiger charge is -2.20. The number of aromatic nitrogens is 2. The summed E-state index contributed by atoms with van der Waals surface area (Å²) in [5, 5.41) is 2.60. The highest BCUT2D eigenvalue weighted by atomic mass is 16.2. The standard InChI is InChI=1S/C21H21N5O4/c1-13(27)23-16-10-6-9-15(11-16)20(29)25(2)17-18(22)26(21(30)24-19(17)28)12-14-7-4-3-5-8-14/h3-11H,12,22H2,1-2H3,(H,23,27)(H,24,28,30). The Bertz CT molecular complexity index is 1210.